The summed E-state index contributed by atoms with van der Waals surface area (Å²) >= 11 is 0. The van der Waals surface area contributed by atoms with Crippen molar-refractivity contribution >= 4 is 0 Å². The Morgan fingerprint density at radius 1 is 1.06 bits per heavy atom. The average Bonchev–Trinajstić information content (AvgIpc) is 2.72. The lowest BCUT2D eigenvalue weighted by molar-refractivity contribution is 0.168. The molecule has 0 unspecified atom stereocenters. The fourth-order valence-corrected chi connectivity index (χ4v) is 2.17. The normalized spacial score (nSPS) is 15.8. The molecule has 0 amide bonds. The Morgan fingerprint density at radius 3 is 2.59 bits per heavy atom. The molecule has 0 radical (unpaired) electrons. The first kappa shape index (κ1) is 10.5. The molecular formula is C14H17N3. The van der Waals surface area contributed by atoms with Gasteiger partial charge in [0.25, 0.3) is 0 Å². The van der Waals surface area contributed by atoms with Crippen LogP contribution in [0.3, 0.4) is 0 Å². The third kappa shape index (κ3) is 2.39. The first-order valence-electron chi connectivity index (χ1n) is 6.17. The fourth-order valence-electron chi connectivity index (χ4n) is 2.17. The minimum Gasteiger partial charge on any atom is -0.329 e. The van der Waals surface area contributed by atoms with E-state index < -0.39 is 0 Å². The number of benzene rings is 1. The second-order valence-corrected chi connectivity index (χ2v) is 4.63. The van der Waals surface area contributed by atoms with Gasteiger partial charge in [0.15, 0.2) is 0 Å². The molecule has 0 atom stereocenters. The Hall–Kier alpha value is -1.61. The van der Waals surface area contributed by atoms with Crippen LogP contribution in [0.2, 0.25) is 0 Å². The minimum absolute atomic E-state index is 0.921. The van der Waals surface area contributed by atoms with Crippen molar-refractivity contribution in [2.45, 2.75) is 19.5 Å². The maximum absolute atomic E-state index is 4.27. The smallest absolute Gasteiger partial charge is 0.0951 e. The Kier molecular flexibility index (Phi) is 2.92. The zero-order valence-electron chi connectivity index (χ0n) is 9.92. The molecule has 3 nitrogen and oxygen atoms in total. The van der Waals surface area contributed by atoms with E-state index in [2.05, 4.69) is 44.8 Å². The van der Waals surface area contributed by atoms with Gasteiger partial charge in [-0.2, -0.15) is 0 Å². The molecule has 2 heterocycles. The molecule has 1 aliphatic rings. The lowest BCUT2D eigenvalue weighted by atomic mass is 10.2. The average molecular weight is 227 g/mol. The molecular weight excluding hydrogens is 210 g/mol. The summed E-state index contributed by atoms with van der Waals surface area (Å²) in [4.78, 5) is 6.72. The van der Waals surface area contributed by atoms with E-state index in [0.29, 0.717) is 0 Å². The third-order valence-corrected chi connectivity index (χ3v) is 3.33. The van der Waals surface area contributed by atoms with Crippen LogP contribution in [0.5, 0.6) is 0 Å². The van der Waals surface area contributed by atoms with Gasteiger partial charge in [0.2, 0.25) is 0 Å². The number of hydrogen-bond donors (Lipinski definition) is 0. The van der Waals surface area contributed by atoms with Gasteiger partial charge in [0.05, 0.1) is 12.0 Å². The lowest BCUT2D eigenvalue weighted by Crippen LogP contribution is -2.36. The summed E-state index contributed by atoms with van der Waals surface area (Å²) in [6.07, 6.45) is 5.26. The van der Waals surface area contributed by atoms with Gasteiger partial charge in [0, 0.05) is 19.3 Å². The second kappa shape index (κ2) is 4.72. The molecule has 0 N–H and O–H groups in total. The molecule has 1 aromatic carbocycles. The number of likely N-dealkylation sites (tertiary alicyclic amines) is 1. The van der Waals surface area contributed by atoms with Crippen molar-refractivity contribution in [2.24, 2.45) is 0 Å². The highest BCUT2D eigenvalue weighted by Crippen LogP contribution is 2.13. The number of nitrogens with zero attached hydrogens (tertiary/aromatic N) is 3. The first-order valence-corrected chi connectivity index (χ1v) is 6.17. The molecule has 17 heavy (non-hydrogen) atoms. The summed E-state index contributed by atoms with van der Waals surface area (Å²) in [6, 6.07) is 10.5. The van der Waals surface area contributed by atoms with Crippen molar-refractivity contribution in [3.05, 3.63) is 54.1 Å². The molecule has 0 bridgehead atoms. The number of imidazole rings is 1. The maximum Gasteiger partial charge on any atom is 0.0951 e. The van der Waals surface area contributed by atoms with Gasteiger partial charge in [-0.1, -0.05) is 30.3 Å². The van der Waals surface area contributed by atoms with Gasteiger partial charge in [-0.15, -0.1) is 0 Å². The van der Waals surface area contributed by atoms with E-state index >= 15 is 0 Å². The van der Waals surface area contributed by atoms with E-state index in [1.165, 1.54) is 30.8 Å². The molecule has 0 saturated carbocycles. The quantitative estimate of drug-likeness (QED) is 0.798. The monoisotopic (exact) mass is 227 g/mol. The van der Waals surface area contributed by atoms with Crippen molar-refractivity contribution in [3.63, 3.8) is 0 Å². The highest BCUT2D eigenvalue weighted by molar-refractivity contribution is 5.16. The lowest BCUT2D eigenvalue weighted by Gasteiger charge is -2.30. The van der Waals surface area contributed by atoms with Gasteiger partial charge in [-0.3, -0.25) is 4.90 Å². The van der Waals surface area contributed by atoms with Crippen LogP contribution >= 0.6 is 0 Å². The van der Waals surface area contributed by atoms with E-state index in [0.717, 1.165) is 13.1 Å². The molecule has 1 aliphatic heterocycles. The van der Waals surface area contributed by atoms with Gasteiger partial charge in [-0.05, 0) is 25.1 Å². The Bertz CT molecular complexity index is 471. The Balaban J connectivity index is 1.72. The van der Waals surface area contributed by atoms with Crippen molar-refractivity contribution in [1.29, 1.82) is 0 Å². The van der Waals surface area contributed by atoms with E-state index in [9.17, 15) is 0 Å². The largest absolute Gasteiger partial charge is 0.329 e. The van der Waals surface area contributed by atoms with Gasteiger partial charge < -0.3 is 4.57 Å². The zero-order chi connectivity index (χ0) is 11.5. The van der Waals surface area contributed by atoms with Crippen LogP contribution in [-0.2, 0) is 13.1 Å². The number of hydrogen-bond acceptors (Lipinski definition) is 2. The predicted octanol–water partition coefficient (Wildman–Crippen LogP) is 2.14. The Morgan fingerprint density at radius 2 is 1.88 bits per heavy atom. The molecule has 3 heteroatoms. The molecule has 0 spiro atoms. The van der Waals surface area contributed by atoms with Crippen LogP contribution in [0.15, 0.2) is 42.9 Å². The number of aromatic nitrogens is 2. The summed E-state index contributed by atoms with van der Waals surface area (Å²) in [5.74, 6) is 0. The van der Waals surface area contributed by atoms with Crippen molar-refractivity contribution in [2.75, 3.05) is 13.1 Å². The first-order chi connectivity index (χ1) is 8.42. The van der Waals surface area contributed by atoms with Crippen LogP contribution in [-0.4, -0.2) is 27.5 Å². The highest BCUT2D eigenvalue weighted by atomic mass is 15.2. The fraction of sp³-hybridized carbons (Fsp3) is 0.357. The summed E-state index contributed by atoms with van der Waals surface area (Å²) in [5, 5.41) is 0. The SMILES string of the molecule is c1ccc(Cn2cncc2CN2CCC2)cc1. The van der Waals surface area contributed by atoms with E-state index in [-0.39, 0.29) is 0 Å². The Labute approximate surface area is 102 Å². The van der Waals surface area contributed by atoms with Crippen LogP contribution in [0.4, 0.5) is 0 Å². The van der Waals surface area contributed by atoms with E-state index in [1.54, 1.807) is 0 Å². The van der Waals surface area contributed by atoms with Crippen molar-refractivity contribution in [3.8, 4) is 0 Å². The van der Waals surface area contributed by atoms with E-state index in [1.807, 2.05) is 12.5 Å². The molecule has 1 fully saturated rings. The topological polar surface area (TPSA) is 21.1 Å². The van der Waals surface area contributed by atoms with Crippen LogP contribution in [0.1, 0.15) is 17.7 Å². The minimum atomic E-state index is 0.921. The van der Waals surface area contributed by atoms with Crippen molar-refractivity contribution in [1.82, 2.24) is 14.5 Å². The molecule has 1 saturated heterocycles. The predicted molar refractivity (Wildman–Crippen MR) is 67.7 cm³/mol. The molecule has 1 aromatic heterocycles. The van der Waals surface area contributed by atoms with Gasteiger partial charge >= 0.3 is 0 Å². The molecule has 88 valence electrons. The standard InChI is InChI=1S/C14H17N3/c1-2-5-13(6-3-1)10-17-12-15-9-14(17)11-16-7-4-8-16/h1-3,5-6,9,12H,4,7-8,10-11H2. The summed E-state index contributed by atoms with van der Waals surface area (Å²) in [6.45, 7) is 4.42. The van der Waals surface area contributed by atoms with Crippen LogP contribution in [0.25, 0.3) is 0 Å². The van der Waals surface area contributed by atoms with Crippen LogP contribution in [0, 0.1) is 0 Å². The second-order valence-electron chi connectivity index (χ2n) is 4.63. The number of rotatable bonds is 4. The zero-order valence-corrected chi connectivity index (χ0v) is 9.92. The molecule has 3 rings (SSSR count). The summed E-state index contributed by atoms with van der Waals surface area (Å²) in [5.41, 5.74) is 2.64. The molecule has 0 aliphatic carbocycles. The summed E-state index contributed by atoms with van der Waals surface area (Å²) < 4.78 is 2.24. The highest BCUT2D eigenvalue weighted by Gasteiger charge is 2.15. The van der Waals surface area contributed by atoms with Crippen LogP contribution < -0.4 is 0 Å². The maximum atomic E-state index is 4.27. The van der Waals surface area contributed by atoms with E-state index in [4.69, 9.17) is 0 Å². The van der Waals surface area contributed by atoms with Crippen molar-refractivity contribution < 1.29 is 0 Å². The summed E-state index contributed by atoms with van der Waals surface area (Å²) in [7, 11) is 0. The third-order valence-electron chi connectivity index (χ3n) is 3.33. The van der Waals surface area contributed by atoms with Gasteiger partial charge in [-0.25, -0.2) is 4.98 Å². The molecule has 2 aromatic rings. The van der Waals surface area contributed by atoms with Gasteiger partial charge in [0.1, 0.15) is 0 Å².